The average molecular weight is 1260 g/mol. The van der Waals surface area contributed by atoms with Gasteiger partial charge in [0.1, 0.15) is 13.2 Å². The Hall–Kier alpha value is -6.65. The first-order chi connectivity index (χ1) is 35.3. The van der Waals surface area contributed by atoms with Gasteiger partial charge in [-0.1, -0.05) is 168 Å². The summed E-state index contributed by atoms with van der Waals surface area (Å²) in [6.45, 7) is -0.716. The summed E-state index contributed by atoms with van der Waals surface area (Å²) in [6.07, 6.45) is -20.9. The number of aliphatic carboxylic acids is 2. The number of hydrogen-bond acceptors (Lipinski definition) is 10. The summed E-state index contributed by atoms with van der Waals surface area (Å²) in [6, 6.07) is 50.9. The Morgan fingerprint density at radius 3 is 1.00 bits per heavy atom. The van der Waals surface area contributed by atoms with Crippen LogP contribution in [0.15, 0.2) is 182 Å². The van der Waals surface area contributed by atoms with E-state index in [-0.39, 0.29) is 53.2 Å². The van der Waals surface area contributed by atoms with E-state index in [2.05, 4.69) is 43.6 Å². The van der Waals surface area contributed by atoms with Gasteiger partial charge in [0.15, 0.2) is 0 Å². The first-order valence-corrected chi connectivity index (χ1v) is 21.8. The van der Waals surface area contributed by atoms with Gasteiger partial charge in [0.25, 0.3) is 11.2 Å². The van der Waals surface area contributed by atoms with Gasteiger partial charge in [-0.2, -0.15) is 89.1 Å². The number of carboxylic acids is 2. The van der Waals surface area contributed by atoms with E-state index in [9.17, 15) is 91.7 Å². The van der Waals surface area contributed by atoms with Crippen LogP contribution in [0.3, 0.4) is 0 Å². The molecular weight excluding hydrogens is 1220 g/mol. The smallest absolute Gasteiger partial charge is 1.00 e. The van der Waals surface area contributed by atoms with Gasteiger partial charge in [0, 0.05) is 16.5 Å². The molecule has 12 nitrogen and oxygen atoms in total. The first-order valence-electron chi connectivity index (χ1n) is 20.7. The van der Waals surface area contributed by atoms with Crippen molar-refractivity contribution in [1.29, 1.82) is 0 Å². The second-order valence-corrected chi connectivity index (χ2v) is 14.8. The van der Waals surface area contributed by atoms with Crippen LogP contribution in [0.2, 0.25) is 0 Å². The second kappa shape index (κ2) is 35.0. The third-order valence-electron chi connectivity index (χ3n) is 8.73. The van der Waals surface area contributed by atoms with E-state index < -0.39 is 82.5 Å². The summed E-state index contributed by atoms with van der Waals surface area (Å²) < 4.78 is 154. The average Bonchev–Trinajstić information content (AvgIpc) is 3.40. The van der Waals surface area contributed by atoms with E-state index in [0.717, 1.165) is 29.6 Å². The minimum absolute atomic E-state index is 0. The van der Waals surface area contributed by atoms with Crippen LogP contribution in [0.25, 0.3) is 0 Å². The summed E-state index contributed by atoms with van der Waals surface area (Å²) in [4.78, 5) is 62.2. The Bertz CT molecular complexity index is 2670. The Labute approximate surface area is 470 Å². The number of benzene rings is 6. The summed E-state index contributed by atoms with van der Waals surface area (Å²) >= 11 is 3.36. The Morgan fingerprint density at radius 2 is 0.756 bits per heavy atom. The second-order valence-electron chi connectivity index (χ2n) is 14.2. The van der Waals surface area contributed by atoms with Crippen molar-refractivity contribution in [2.45, 2.75) is 54.5 Å². The third kappa shape index (κ3) is 25.2. The zero-order chi connectivity index (χ0) is 57.8. The summed E-state index contributed by atoms with van der Waals surface area (Å²) in [5.74, 6) is -13.7. The number of aliphatic hydroxyl groups is 2. The van der Waals surface area contributed by atoms with Crippen molar-refractivity contribution >= 4 is 74.4 Å². The molecule has 0 aromatic heterocycles. The van der Waals surface area contributed by atoms with Gasteiger partial charge in [-0.15, -0.1) is 0 Å². The van der Waals surface area contributed by atoms with E-state index in [4.69, 9.17) is 10.2 Å². The first kappa shape index (κ1) is 73.4. The zero-order valence-corrected chi connectivity index (χ0v) is 44.1. The van der Waals surface area contributed by atoms with Gasteiger partial charge in [0.2, 0.25) is 0 Å². The number of ether oxygens (including phenoxy) is 2. The molecular formula is C51H40Br2F12MgO12. The minimum Gasteiger partial charge on any atom is -1.00 e. The number of Topliss-reactive ketones (excluding diaryl/α,β-unsaturated/α-hetero) is 2. The van der Waals surface area contributed by atoms with Gasteiger partial charge < -0.3 is 46.9 Å². The molecule has 0 aliphatic carbocycles. The number of ketones is 2. The van der Waals surface area contributed by atoms with Crippen molar-refractivity contribution < 1.29 is 128 Å². The van der Waals surface area contributed by atoms with E-state index >= 15 is 0 Å². The van der Waals surface area contributed by atoms with Gasteiger partial charge in [-0.3, -0.25) is 9.59 Å². The topological polar surface area (TPSA) is 202 Å². The van der Waals surface area contributed by atoms with Crippen LogP contribution >= 0.6 is 15.9 Å². The maximum Gasteiger partial charge on any atom is 2.00 e. The molecule has 0 saturated carbocycles. The number of rotatable bonds is 11. The monoisotopic (exact) mass is 1250 g/mol. The number of halogens is 14. The molecule has 6 rings (SSSR count). The van der Waals surface area contributed by atoms with Crippen molar-refractivity contribution in [3.63, 3.8) is 0 Å². The molecule has 2 unspecified atom stereocenters. The van der Waals surface area contributed by atoms with Gasteiger partial charge in [-0.25, -0.2) is 19.2 Å². The maximum atomic E-state index is 13.2. The molecule has 0 heterocycles. The number of alkyl halides is 13. The maximum absolute atomic E-state index is 13.2. The van der Waals surface area contributed by atoms with Crippen LogP contribution in [0, 0.1) is 6.07 Å². The van der Waals surface area contributed by atoms with E-state index in [1.165, 1.54) is 42.0 Å². The Kier molecular flexibility index (Phi) is 32.9. The summed E-state index contributed by atoms with van der Waals surface area (Å²) in [5, 5.41) is 36.0. The fourth-order valence-corrected chi connectivity index (χ4v) is 5.30. The fourth-order valence-electron chi connectivity index (χ4n) is 4.93. The molecule has 0 aliphatic heterocycles. The molecule has 4 N–H and O–H groups in total. The van der Waals surface area contributed by atoms with Crippen molar-refractivity contribution in [2.24, 2.45) is 0 Å². The van der Waals surface area contributed by atoms with Crippen LogP contribution in [0.4, 0.5) is 52.7 Å². The zero-order valence-electron chi connectivity index (χ0n) is 39.5. The largest absolute Gasteiger partial charge is 2.00 e. The van der Waals surface area contributed by atoms with E-state index in [1.54, 1.807) is 60.7 Å². The molecule has 0 saturated heterocycles. The quantitative estimate of drug-likeness (QED) is 0.0250. The van der Waals surface area contributed by atoms with E-state index in [1.807, 2.05) is 48.5 Å². The van der Waals surface area contributed by atoms with Crippen LogP contribution in [-0.2, 0) is 68.0 Å². The van der Waals surface area contributed by atoms with Gasteiger partial charge in [0.05, 0.1) is 0 Å². The van der Waals surface area contributed by atoms with Crippen molar-refractivity contribution in [1.82, 2.24) is 0 Å². The van der Waals surface area contributed by atoms with Gasteiger partial charge >= 0.3 is 83.2 Å². The number of carboxylic acid groups (broad SMARTS) is 2. The SMILES string of the molecule is BrCc1ccccc1.O=C(O)C(=O)C(F)(F)F.O=C(O)C(O)(c1ccccc1)C(F)(F)F.O=C(OCc1ccccc1)C(=O)C(F)(F)F.O=C(OCc1ccccc1)C(O)(c1ccccc1)C(F)(F)F.[Br-].[Mg+2].[c-]1ccccc1. The molecule has 0 bridgehead atoms. The van der Waals surface area contributed by atoms with Crippen molar-refractivity contribution in [3.8, 4) is 0 Å². The number of hydrogen-bond donors (Lipinski definition) is 4. The molecule has 0 aliphatic rings. The third-order valence-corrected chi connectivity index (χ3v) is 9.38. The molecule has 2 atom stereocenters. The number of carbonyl (C=O) groups is 6. The Morgan fingerprint density at radius 1 is 0.449 bits per heavy atom. The standard InChI is InChI=1S/C16H13F3O3.C10H7F3O3.C9H7F3O3.C7H7Br.C6H5.C3HF3O3.BrH.Mg/c17-16(18,19)15(21,13-9-5-2-6-10-13)14(20)22-11-12-7-3-1-4-8-12;11-10(12,13)8(14)9(15)16-6-7-4-2-1-3-5-7;10-9(11,12)8(15,7(13)14)6-4-2-1-3-5-6;8-6-7-4-2-1-3-5-7;1-2-4-6-5-3-1;4-3(5,6)1(7)2(8)9;;/h1-10,21H,11H2;1-5H,6H2;1-5,15H,(H,13,14);1-5H,6H2;1-5H;(H,8,9);1H;/q;;;;-1;;;+2/p-1. The predicted molar refractivity (Wildman–Crippen MR) is 253 cm³/mol. The van der Waals surface area contributed by atoms with Crippen LogP contribution in [0.1, 0.15) is 27.8 Å². The molecule has 0 fully saturated rings. The van der Waals surface area contributed by atoms with Crippen LogP contribution in [0.5, 0.6) is 0 Å². The fraction of sp³-hybridized carbons (Fsp3) is 0.176. The molecule has 0 radical (unpaired) electrons. The molecule has 27 heteroatoms. The molecule has 416 valence electrons. The molecule has 0 spiro atoms. The predicted octanol–water partition coefficient (Wildman–Crippen LogP) is 7.46. The molecule has 78 heavy (non-hydrogen) atoms. The van der Waals surface area contributed by atoms with Gasteiger partial charge in [-0.05, 0) is 16.7 Å². The van der Waals surface area contributed by atoms with E-state index in [0.29, 0.717) is 11.1 Å². The van der Waals surface area contributed by atoms with Crippen LogP contribution < -0.4 is 17.0 Å². The summed E-state index contributed by atoms with van der Waals surface area (Å²) in [5.41, 5.74) is -6.49. The molecule has 0 amide bonds. The van der Waals surface area contributed by atoms with Crippen LogP contribution in [-0.4, -0.2) is 104 Å². The normalized spacial score (nSPS) is 12.1. The number of esters is 2. The molecule has 6 aromatic carbocycles. The number of carbonyl (C=O) groups excluding carboxylic acids is 4. The van der Waals surface area contributed by atoms with Crippen molar-refractivity contribution in [3.05, 3.63) is 216 Å². The minimum atomic E-state index is -5.26. The Balaban J connectivity index is 0. The van der Waals surface area contributed by atoms with Crippen molar-refractivity contribution in [2.75, 3.05) is 0 Å². The molecule has 6 aromatic rings. The summed E-state index contributed by atoms with van der Waals surface area (Å²) in [7, 11) is 0.